The van der Waals surface area contributed by atoms with Crippen LogP contribution in [0, 0.1) is 18.7 Å². The van der Waals surface area contributed by atoms with Crippen molar-refractivity contribution in [2.75, 3.05) is 13.1 Å². The third-order valence-corrected chi connectivity index (χ3v) is 3.67. The lowest BCUT2D eigenvalue weighted by Gasteiger charge is -2.18. The molecule has 1 aliphatic rings. The summed E-state index contributed by atoms with van der Waals surface area (Å²) in [5, 5.41) is 0. The number of aryl methyl sites for hydroxylation is 1. The lowest BCUT2D eigenvalue weighted by molar-refractivity contribution is 0.0785. The molecule has 0 bridgehead atoms. The number of carbonyl (C=O) groups is 1. The number of carbonyl (C=O) groups excluding carboxylic acids is 1. The third-order valence-electron chi connectivity index (χ3n) is 3.67. The van der Waals surface area contributed by atoms with E-state index >= 15 is 0 Å². The van der Waals surface area contributed by atoms with E-state index in [0.29, 0.717) is 30.1 Å². The molecule has 98 valence electrons. The van der Waals surface area contributed by atoms with Crippen LogP contribution in [0.15, 0.2) is 18.2 Å². The van der Waals surface area contributed by atoms with Crippen molar-refractivity contribution in [3.63, 3.8) is 0 Å². The Morgan fingerprint density at radius 1 is 1.56 bits per heavy atom. The molecule has 2 N–H and O–H groups in total. The molecule has 3 nitrogen and oxygen atoms in total. The van der Waals surface area contributed by atoms with Crippen LogP contribution in [-0.2, 0) is 0 Å². The molecule has 1 fully saturated rings. The van der Waals surface area contributed by atoms with Gasteiger partial charge >= 0.3 is 0 Å². The first kappa shape index (κ1) is 13.0. The Balaban J connectivity index is 2.10. The predicted molar refractivity (Wildman–Crippen MR) is 68.8 cm³/mol. The minimum atomic E-state index is -0.330. The second kappa shape index (κ2) is 5.06. The van der Waals surface area contributed by atoms with Crippen molar-refractivity contribution in [3.8, 4) is 0 Å². The van der Waals surface area contributed by atoms with Crippen molar-refractivity contribution < 1.29 is 9.18 Å². The molecule has 1 aliphatic heterocycles. The number of amides is 1. The van der Waals surface area contributed by atoms with Gasteiger partial charge in [-0.25, -0.2) is 4.39 Å². The van der Waals surface area contributed by atoms with Crippen LogP contribution >= 0.6 is 0 Å². The minimum Gasteiger partial charge on any atom is -0.338 e. The molecule has 1 amide bonds. The van der Waals surface area contributed by atoms with Gasteiger partial charge in [0.15, 0.2) is 0 Å². The smallest absolute Gasteiger partial charge is 0.253 e. The quantitative estimate of drug-likeness (QED) is 0.872. The fourth-order valence-corrected chi connectivity index (χ4v) is 2.31. The summed E-state index contributed by atoms with van der Waals surface area (Å²) in [5.41, 5.74) is 6.82. The highest BCUT2D eigenvalue weighted by atomic mass is 19.1. The summed E-state index contributed by atoms with van der Waals surface area (Å²) in [6.07, 6.45) is 0.928. The minimum absolute atomic E-state index is 0.0950. The monoisotopic (exact) mass is 250 g/mol. The topological polar surface area (TPSA) is 46.3 Å². The highest BCUT2D eigenvalue weighted by molar-refractivity contribution is 5.94. The Morgan fingerprint density at radius 3 is 2.83 bits per heavy atom. The van der Waals surface area contributed by atoms with E-state index in [2.05, 4.69) is 0 Å². The largest absolute Gasteiger partial charge is 0.338 e. The average Bonchev–Trinajstić information content (AvgIpc) is 2.81. The van der Waals surface area contributed by atoms with Crippen LogP contribution in [-0.4, -0.2) is 29.9 Å². The molecule has 2 rings (SSSR count). The van der Waals surface area contributed by atoms with Crippen molar-refractivity contribution >= 4 is 5.91 Å². The first-order chi connectivity index (χ1) is 8.49. The summed E-state index contributed by atoms with van der Waals surface area (Å²) in [7, 11) is 0. The number of hydrogen-bond acceptors (Lipinski definition) is 2. The third kappa shape index (κ3) is 2.53. The van der Waals surface area contributed by atoms with Crippen molar-refractivity contribution in [2.45, 2.75) is 26.3 Å². The van der Waals surface area contributed by atoms with E-state index in [1.54, 1.807) is 24.0 Å². The number of nitrogens with zero attached hydrogens (tertiary/aromatic N) is 1. The van der Waals surface area contributed by atoms with Crippen LogP contribution < -0.4 is 5.73 Å². The Morgan fingerprint density at radius 2 is 2.28 bits per heavy atom. The number of hydrogen-bond donors (Lipinski definition) is 1. The molecular weight excluding hydrogens is 231 g/mol. The fraction of sp³-hybridized carbons (Fsp3) is 0.500. The van der Waals surface area contributed by atoms with Gasteiger partial charge in [-0.3, -0.25) is 4.79 Å². The van der Waals surface area contributed by atoms with Crippen molar-refractivity contribution in [1.82, 2.24) is 4.90 Å². The van der Waals surface area contributed by atoms with Gasteiger partial charge in [0.25, 0.3) is 5.91 Å². The summed E-state index contributed by atoms with van der Waals surface area (Å²) in [6, 6.07) is 4.73. The molecule has 1 saturated heterocycles. The summed E-state index contributed by atoms with van der Waals surface area (Å²) in [4.78, 5) is 14.0. The molecule has 1 heterocycles. The molecule has 1 aromatic rings. The standard InChI is InChI=1S/C14H19FN2O/c1-9-3-4-11(7-13(9)15)14(18)17-6-5-12(8-17)10(2)16/h3-4,7,10,12H,5-6,8,16H2,1-2H3. The van der Waals surface area contributed by atoms with E-state index in [-0.39, 0.29) is 17.8 Å². The van der Waals surface area contributed by atoms with E-state index < -0.39 is 0 Å². The lowest BCUT2D eigenvalue weighted by Crippen LogP contribution is -2.33. The summed E-state index contributed by atoms with van der Waals surface area (Å²) >= 11 is 0. The highest BCUT2D eigenvalue weighted by Gasteiger charge is 2.29. The first-order valence-corrected chi connectivity index (χ1v) is 6.30. The van der Waals surface area contributed by atoms with Gasteiger partial charge in [-0.15, -0.1) is 0 Å². The summed E-state index contributed by atoms with van der Waals surface area (Å²) < 4.78 is 13.4. The first-order valence-electron chi connectivity index (χ1n) is 6.30. The maximum absolute atomic E-state index is 13.4. The molecule has 0 saturated carbocycles. The van der Waals surface area contributed by atoms with Crippen LogP contribution in [0.25, 0.3) is 0 Å². The Hall–Kier alpha value is -1.42. The van der Waals surface area contributed by atoms with Crippen LogP contribution in [0.1, 0.15) is 29.3 Å². The second-order valence-corrected chi connectivity index (χ2v) is 5.12. The van der Waals surface area contributed by atoms with Gasteiger partial charge in [0.05, 0.1) is 0 Å². The molecule has 2 unspecified atom stereocenters. The van der Waals surface area contributed by atoms with E-state index in [1.165, 1.54) is 6.07 Å². The molecule has 2 atom stereocenters. The SMILES string of the molecule is Cc1ccc(C(=O)N2CCC(C(C)N)C2)cc1F. The van der Waals surface area contributed by atoms with E-state index in [1.807, 2.05) is 6.92 Å². The Bertz CT molecular complexity index is 459. The molecule has 18 heavy (non-hydrogen) atoms. The molecule has 4 heteroatoms. The zero-order chi connectivity index (χ0) is 13.3. The number of benzene rings is 1. The maximum atomic E-state index is 13.4. The molecule has 0 aromatic heterocycles. The van der Waals surface area contributed by atoms with Crippen molar-refractivity contribution in [1.29, 1.82) is 0 Å². The van der Waals surface area contributed by atoms with Gasteiger partial charge in [0.1, 0.15) is 5.82 Å². The van der Waals surface area contributed by atoms with Crippen molar-refractivity contribution in [3.05, 3.63) is 35.1 Å². The zero-order valence-electron chi connectivity index (χ0n) is 10.8. The van der Waals surface area contributed by atoms with E-state index in [0.717, 1.165) is 6.42 Å². The van der Waals surface area contributed by atoms with Gasteiger partial charge in [0, 0.05) is 24.7 Å². The molecule has 0 radical (unpaired) electrons. The van der Waals surface area contributed by atoms with E-state index in [4.69, 9.17) is 5.73 Å². The van der Waals surface area contributed by atoms with Gasteiger partial charge in [-0.05, 0) is 43.9 Å². The highest BCUT2D eigenvalue weighted by Crippen LogP contribution is 2.21. The van der Waals surface area contributed by atoms with Crippen LogP contribution in [0.3, 0.4) is 0 Å². The maximum Gasteiger partial charge on any atom is 0.253 e. The molecule has 0 spiro atoms. The van der Waals surface area contributed by atoms with Crippen molar-refractivity contribution in [2.24, 2.45) is 11.7 Å². The van der Waals surface area contributed by atoms with E-state index in [9.17, 15) is 9.18 Å². The zero-order valence-corrected chi connectivity index (χ0v) is 10.8. The number of rotatable bonds is 2. The number of likely N-dealkylation sites (tertiary alicyclic amines) is 1. The average molecular weight is 250 g/mol. The molecule has 0 aliphatic carbocycles. The number of halogens is 1. The normalized spacial score (nSPS) is 21.1. The van der Waals surface area contributed by atoms with Gasteiger partial charge in [-0.1, -0.05) is 6.07 Å². The van der Waals surface area contributed by atoms with Crippen LogP contribution in [0.4, 0.5) is 4.39 Å². The molecular formula is C14H19FN2O. The van der Waals surface area contributed by atoms with Gasteiger partial charge in [0.2, 0.25) is 0 Å². The van der Waals surface area contributed by atoms with Gasteiger partial charge < -0.3 is 10.6 Å². The summed E-state index contributed by atoms with van der Waals surface area (Å²) in [5.74, 6) is -0.0786. The van der Waals surface area contributed by atoms with Crippen LogP contribution in [0.5, 0.6) is 0 Å². The number of nitrogens with two attached hydrogens (primary N) is 1. The Kier molecular flexibility index (Phi) is 3.66. The summed E-state index contributed by atoms with van der Waals surface area (Å²) in [6.45, 7) is 5.03. The molecule has 1 aromatic carbocycles. The van der Waals surface area contributed by atoms with Gasteiger partial charge in [-0.2, -0.15) is 0 Å². The van der Waals surface area contributed by atoms with Crippen LogP contribution in [0.2, 0.25) is 0 Å². The Labute approximate surface area is 107 Å². The lowest BCUT2D eigenvalue weighted by atomic mass is 10.0. The predicted octanol–water partition coefficient (Wildman–Crippen LogP) is 1.94. The second-order valence-electron chi connectivity index (χ2n) is 5.12. The fourth-order valence-electron chi connectivity index (χ4n) is 2.31.